The summed E-state index contributed by atoms with van der Waals surface area (Å²) in [6.07, 6.45) is 5.92. The molecule has 2 rings (SSSR count). The molecule has 18 heavy (non-hydrogen) atoms. The Hall–Kier alpha value is -1.18. The summed E-state index contributed by atoms with van der Waals surface area (Å²) in [5.41, 5.74) is 1.86. The first kappa shape index (κ1) is 13.3. The van der Waals surface area contributed by atoms with Crippen LogP contribution in [-0.4, -0.2) is 60.8 Å². The Balaban J connectivity index is 2.27. The second-order valence-electron chi connectivity index (χ2n) is 4.62. The Morgan fingerprint density at radius 1 is 1.39 bits per heavy atom. The summed E-state index contributed by atoms with van der Waals surface area (Å²) >= 11 is 0. The average Bonchev–Trinajstić information content (AvgIpc) is 2.79. The number of rotatable bonds is 3. The number of hydrogen-bond donors (Lipinski definition) is 0. The van der Waals surface area contributed by atoms with E-state index in [0.717, 1.165) is 34.7 Å². The summed E-state index contributed by atoms with van der Waals surface area (Å²) in [4.78, 5) is 6.39. The van der Waals surface area contributed by atoms with Crippen LogP contribution in [0.5, 0.6) is 0 Å². The quantitative estimate of drug-likeness (QED) is 0.790. The molecule has 0 spiro atoms. The average molecular weight is 270 g/mol. The van der Waals surface area contributed by atoms with Crippen molar-refractivity contribution in [3.63, 3.8) is 0 Å². The largest absolute Gasteiger partial charge is 0.308 e. The standard InChI is InChI=1S/C11H18N4O2S/c1-13(2)18(16,17)15-8-11(12-9-15)10-4-6-14(3)7-5-10/h4,8-9H,5-7H2,1-3H3. The van der Waals surface area contributed by atoms with E-state index in [2.05, 4.69) is 23.0 Å². The van der Waals surface area contributed by atoms with Gasteiger partial charge in [0.05, 0.1) is 5.69 Å². The van der Waals surface area contributed by atoms with E-state index in [1.165, 1.54) is 24.7 Å². The fourth-order valence-corrected chi connectivity index (χ4v) is 2.57. The third kappa shape index (κ3) is 2.47. The van der Waals surface area contributed by atoms with Crippen LogP contribution in [-0.2, 0) is 10.2 Å². The predicted molar refractivity (Wildman–Crippen MR) is 70.3 cm³/mol. The van der Waals surface area contributed by atoms with Gasteiger partial charge in [0.25, 0.3) is 0 Å². The molecule has 2 heterocycles. The van der Waals surface area contributed by atoms with Crippen LogP contribution in [0.2, 0.25) is 0 Å². The lowest BCUT2D eigenvalue weighted by Gasteiger charge is -2.20. The van der Waals surface area contributed by atoms with E-state index in [1.807, 2.05) is 0 Å². The minimum Gasteiger partial charge on any atom is -0.302 e. The van der Waals surface area contributed by atoms with Crippen molar-refractivity contribution in [3.8, 4) is 0 Å². The lowest BCUT2D eigenvalue weighted by atomic mass is 10.1. The smallest absolute Gasteiger partial charge is 0.302 e. The molecule has 0 unspecified atom stereocenters. The van der Waals surface area contributed by atoms with Crippen LogP contribution in [0.15, 0.2) is 18.6 Å². The molecule has 0 N–H and O–H groups in total. The van der Waals surface area contributed by atoms with E-state index in [-0.39, 0.29) is 0 Å². The maximum Gasteiger partial charge on any atom is 0.308 e. The van der Waals surface area contributed by atoms with E-state index >= 15 is 0 Å². The van der Waals surface area contributed by atoms with E-state index in [9.17, 15) is 8.42 Å². The van der Waals surface area contributed by atoms with E-state index in [0.29, 0.717) is 0 Å². The van der Waals surface area contributed by atoms with Crippen LogP contribution >= 0.6 is 0 Å². The molecule has 0 saturated carbocycles. The number of imidazole rings is 1. The molecule has 0 radical (unpaired) electrons. The van der Waals surface area contributed by atoms with Gasteiger partial charge in [-0.2, -0.15) is 12.7 Å². The van der Waals surface area contributed by atoms with Crippen LogP contribution in [0.1, 0.15) is 12.1 Å². The zero-order valence-corrected chi connectivity index (χ0v) is 11.7. The molecule has 7 heteroatoms. The fraction of sp³-hybridized carbons (Fsp3) is 0.545. The molecule has 1 aromatic rings. The number of nitrogens with zero attached hydrogens (tertiary/aromatic N) is 4. The molecule has 100 valence electrons. The summed E-state index contributed by atoms with van der Waals surface area (Å²) in [5.74, 6) is 0. The van der Waals surface area contributed by atoms with Gasteiger partial charge in [0, 0.05) is 33.4 Å². The molecule has 1 aliphatic rings. The van der Waals surface area contributed by atoms with Gasteiger partial charge in [-0.25, -0.2) is 8.96 Å². The highest BCUT2D eigenvalue weighted by atomic mass is 32.2. The van der Waals surface area contributed by atoms with Gasteiger partial charge in [-0.15, -0.1) is 0 Å². The SMILES string of the molecule is CN1CC=C(c2cn(S(=O)(=O)N(C)C)cn2)CC1. The molecule has 0 saturated heterocycles. The van der Waals surface area contributed by atoms with Crippen molar-refractivity contribution in [2.45, 2.75) is 6.42 Å². The fourth-order valence-electron chi connectivity index (χ4n) is 1.79. The Bertz CT molecular complexity index is 559. The maximum absolute atomic E-state index is 11.9. The van der Waals surface area contributed by atoms with Gasteiger partial charge in [0.15, 0.2) is 0 Å². The van der Waals surface area contributed by atoms with Crippen LogP contribution in [0, 0.1) is 0 Å². The molecule has 1 aromatic heterocycles. The van der Waals surface area contributed by atoms with Gasteiger partial charge in [0.2, 0.25) is 0 Å². The zero-order valence-electron chi connectivity index (χ0n) is 10.9. The molecule has 1 aliphatic heterocycles. The van der Waals surface area contributed by atoms with Crippen molar-refractivity contribution in [2.24, 2.45) is 0 Å². The van der Waals surface area contributed by atoms with Crippen molar-refractivity contribution in [3.05, 3.63) is 24.3 Å². The highest BCUT2D eigenvalue weighted by molar-refractivity contribution is 7.87. The summed E-state index contributed by atoms with van der Waals surface area (Å²) in [6.45, 7) is 1.85. The first-order valence-electron chi connectivity index (χ1n) is 5.76. The van der Waals surface area contributed by atoms with Crippen LogP contribution in [0.3, 0.4) is 0 Å². The topological polar surface area (TPSA) is 58.4 Å². The highest BCUT2D eigenvalue weighted by Crippen LogP contribution is 2.20. The van der Waals surface area contributed by atoms with Gasteiger partial charge in [-0.05, 0) is 19.0 Å². The lowest BCUT2D eigenvalue weighted by Crippen LogP contribution is -2.27. The van der Waals surface area contributed by atoms with Crippen molar-refractivity contribution >= 4 is 15.8 Å². The van der Waals surface area contributed by atoms with Gasteiger partial charge in [0.1, 0.15) is 6.33 Å². The monoisotopic (exact) mass is 270 g/mol. The van der Waals surface area contributed by atoms with E-state index in [4.69, 9.17) is 0 Å². The van der Waals surface area contributed by atoms with Crippen molar-refractivity contribution in [2.75, 3.05) is 34.2 Å². The van der Waals surface area contributed by atoms with Crippen LogP contribution < -0.4 is 0 Å². The number of aromatic nitrogens is 2. The summed E-state index contributed by atoms with van der Waals surface area (Å²) < 4.78 is 26.1. The first-order valence-corrected chi connectivity index (χ1v) is 7.16. The first-order chi connectivity index (χ1) is 8.41. The van der Waals surface area contributed by atoms with E-state index < -0.39 is 10.2 Å². The van der Waals surface area contributed by atoms with Gasteiger partial charge >= 0.3 is 10.2 Å². The Labute approximate surface area is 108 Å². The zero-order chi connectivity index (χ0) is 13.3. The highest BCUT2D eigenvalue weighted by Gasteiger charge is 2.18. The second kappa shape index (κ2) is 4.83. The molecule has 0 atom stereocenters. The van der Waals surface area contributed by atoms with Gasteiger partial charge in [-0.3, -0.25) is 0 Å². The van der Waals surface area contributed by atoms with Gasteiger partial charge < -0.3 is 4.90 Å². The third-order valence-corrected chi connectivity index (χ3v) is 4.68. The minimum absolute atomic E-state index is 0.744. The Morgan fingerprint density at radius 2 is 2.11 bits per heavy atom. The lowest BCUT2D eigenvalue weighted by molar-refractivity contribution is 0.370. The predicted octanol–water partition coefficient (Wildman–Crippen LogP) is 0.256. The van der Waals surface area contributed by atoms with Crippen LogP contribution in [0.25, 0.3) is 5.57 Å². The number of likely N-dealkylation sites (N-methyl/N-ethyl adjacent to an activating group) is 1. The number of hydrogen-bond acceptors (Lipinski definition) is 4. The Kier molecular flexibility index (Phi) is 3.56. The maximum atomic E-state index is 11.9. The van der Waals surface area contributed by atoms with Crippen molar-refractivity contribution < 1.29 is 8.42 Å². The van der Waals surface area contributed by atoms with E-state index in [1.54, 1.807) is 6.20 Å². The molecule has 6 nitrogen and oxygen atoms in total. The van der Waals surface area contributed by atoms with Gasteiger partial charge in [-0.1, -0.05) is 6.08 Å². The van der Waals surface area contributed by atoms with Crippen molar-refractivity contribution in [1.29, 1.82) is 0 Å². The molecule has 0 fully saturated rings. The Morgan fingerprint density at radius 3 is 2.67 bits per heavy atom. The van der Waals surface area contributed by atoms with Crippen LogP contribution in [0.4, 0.5) is 0 Å². The summed E-state index contributed by atoms with van der Waals surface area (Å²) in [6, 6.07) is 0. The molecule has 0 aliphatic carbocycles. The summed E-state index contributed by atoms with van der Waals surface area (Å²) in [5, 5.41) is 0. The second-order valence-corrected chi connectivity index (χ2v) is 6.67. The minimum atomic E-state index is -3.46. The molecular formula is C11H18N4O2S. The third-order valence-electron chi connectivity index (χ3n) is 3.03. The molecule has 0 amide bonds. The molecule has 0 aromatic carbocycles. The molecule has 0 bridgehead atoms. The summed E-state index contributed by atoms with van der Waals surface area (Å²) in [7, 11) is 1.61. The normalized spacial score (nSPS) is 18.1. The molecular weight excluding hydrogens is 252 g/mol. The van der Waals surface area contributed by atoms with Crippen molar-refractivity contribution in [1.82, 2.24) is 18.2 Å².